The predicted molar refractivity (Wildman–Crippen MR) is 113 cm³/mol. The minimum atomic E-state index is -0.157. The number of ether oxygens (including phenoxy) is 2. The number of carbonyl (C=O) groups is 1. The Bertz CT molecular complexity index is 805. The lowest BCUT2D eigenvalue weighted by Crippen LogP contribution is -2.49. The Hall–Kier alpha value is -2.37. The van der Waals surface area contributed by atoms with Gasteiger partial charge in [-0.2, -0.15) is 0 Å². The molecule has 0 saturated carbocycles. The lowest BCUT2D eigenvalue weighted by molar-refractivity contribution is -0.127. The summed E-state index contributed by atoms with van der Waals surface area (Å²) in [7, 11) is 0. The minimum Gasteiger partial charge on any atom is -0.489 e. The van der Waals surface area contributed by atoms with E-state index < -0.39 is 0 Å². The number of carbonyl (C=O) groups excluding carboxylic acids is 1. The maximum atomic E-state index is 13.1. The van der Waals surface area contributed by atoms with E-state index in [1.807, 2.05) is 42.5 Å². The summed E-state index contributed by atoms with van der Waals surface area (Å²) >= 11 is 0. The van der Waals surface area contributed by atoms with E-state index >= 15 is 0 Å². The number of benzene rings is 2. The normalized spacial score (nSPS) is 23.1. The largest absolute Gasteiger partial charge is 0.489 e. The molecule has 5 heteroatoms. The van der Waals surface area contributed by atoms with Gasteiger partial charge >= 0.3 is 0 Å². The van der Waals surface area contributed by atoms with Gasteiger partial charge in [0.2, 0.25) is 5.91 Å². The summed E-state index contributed by atoms with van der Waals surface area (Å²) in [6.45, 7) is 4.96. The Morgan fingerprint density at radius 3 is 2.59 bits per heavy atom. The Labute approximate surface area is 173 Å². The van der Waals surface area contributed by atoms with E-state index in [-0.39, 0.29) is 18.1 Å². The molecule has 2 heterocycles. The van der Waals surface area contributed by atoms with Crippen LogP contribution in [0.3, 0.4) is 0 Å². The maximum absolute atomic E-state index is 13.1. The van der Waals surface area contributed by atoms with E-state index in [1.165, 1.54) is 5.56 Å². The molecule has 0 unspecified atom stereocenters. The fourth-order valence-electron chi connectivity index (χ4n) is 4.38. The van der Waals surface area contributed by atoms with Crippen molar-refractivity contribution in [2.45, 2.75) is 50.9 Å². The van der Waals surface area contributed by atoms with Crippen molar-refractivity contribution in [2.24, 2.45) is 0 Å². The standard InChI is InChI=1S/C24H30N2O3/c1-18-7-5-6-8-19(18)16-25-24(27)23-15-22(29-21-9-3-2-4-10-21)17-26(23)20-11-13-28-14-12-20/h2-10,20,22-23H,11-17H2,1H3,(H,25,27)/t22-,23-/m0/s1. The molecule has 1 N–H and O–H groups in total. The quantitative estimate of drug-likeness (QED) is 0.817. The molecule has 4 rings (SSSR count). The van der Waals surface area contributed by atoms with Crippen molar-refractivity contribution in [1.82, 2.24) is 10.2 Å². The molecular weight excluding hydrogens is 364 g/mol. The van der Waals surface area contributed by atoms with E-state index in [4.69, 9.17) is 9.47 Å². The molecule has 2 fully saturated rings. The number of likely N-dealkylation sites (tertiary alicyclic amines) is 1. The van der Waals surface area contributed by atoms with Gasteiger partial charge in [-0.15, -0.1) is 0 Å². The summed E-state index contributed by atoms with van der Waals surface area (Å²) in [4.78, 5) is 15.5. The molecule has 0 spiro atoms. The molecule has 5 nitrogen and oxygen atoms in total. The number of para-hydroxylation sites is 1. The maximum Gasteiger partial charge on any atom is 0.237 e. The number of nitrogens with one attached hydrogen (secondary N) is 1. The van der Waals surface area contributed by atoms with Crippen LogP contribution in [0.15, 0.2) is 54.6 Å². The van der Waals surface area contributed by atoms with Crippen LogP contribution in [0.1, 0.15) is 30.4 Å². The summed E-state index contributed by atoms with van der Waals surface area (Å²) in [5.41, 5.74) is 2.36. The van der Waals surface area contributed by atoms with E-state index in [1.54, 1.807) is 0 Å². The molecule has 2 aliphatic heterocycles. The highest BCUT2D eigenvalue weighted by Crippen LogP contribution is 2.28. The van der Waals surface area contributed by atoms with Crippen LogP contribution in [0.4, 0.5) is 0 Å². The van der Waals surface area contributed by atoms with Gasteiger partial charge in [0.15, 0.2) is 0 Å². The summed E-state index contributed by atoms with van der Waals surface area (Å²) in [5.74, 6) is 0.962. The number of hydrogen-bond donors (Lipinski definition) is 1. The van der Waals surface area contributed by atoms with E-state index in [0.29, 0.717) is 19.0 Å². The van der Waals surface area contributed by atoms with Crippen LogP contribution in [0, 0.1) is 6.92 Å². The Balaban J connectivity index is 1.43. The van der Waals surface area contributed by atoms with E-state index in [0.717, 1.165) is 43.9 Å². The molecule has 2 aromatic rings. The highest BCUT2D eigenvalue weighted by Gasteiger charge is 2.41. The summed E-state index contributed by atoms with van der Waals surface area (Å²) in [6, 6.07) is 18.3. The number of aryl methyl sites for hydroxylation is 1. The first-order valence-corrected chi connectivity index (χ1v) is 10.6. The Kier molecular flexibility index (Phi) is 6.47. The van der Waals surface area contributed by atoms with Gasteiger partial charge in [0, 0.05) is 38.8 Å². The third-order valence-electron chi connectivity index (χ3n) is 6.02. The fourth-order valence-corrected chi connectivity index (χ4v) is 4.38. The highest BCUT2D eigenvalue weighted by molar-refractivity contribution is 5.82. The van der Waals surface area contributed by atoms with Crippen molar-refractivity contribution in [3.63, 3.8) is 0 Å². The second kappa shape index (κ2) is 9.42. The zero-order valence-electron chi connectivity index (χ0n) is 17.0. The van der Waals surface area contributed by atoms with Gasteiger partial charge in [-0.1, -0.05) is 42.5 Å². The van der Waals surface area contributed by atoms with Crippen LogP contribution in [0.2, 0.25) is 0 Å². The molecular formula is C24H30N2O3. The molecule has 0 bridgehead atoms. The zero-order valence-corrected chi connectivity index (χ0v) is 17.0. The summed E-state index contributed by atoms with van der Waals surface area (Å²) in [5, 5.41) is 3.17. The van der Waals surface area contributed by atoms with Crippen LogP contribution >= 0.6 is 0 Å². The van der Waals surface area contributed by atoms with Gasteiger partial charge < -0.3 is 14.8 Å². The lowest BCUT2D eigenvalue weighted by Gasteiger charge is -2.34. The van der Waals surface area contributed by atoms with Crippen molar-refractivity contribution >= 4 is 5.91 Å². The molecule has 0 radical (unpaired) electrons. The van der Waals surface area contributed by atoms with E-state index in [9.17, 15) is 4.79 Å². The fraction of sp³-hybridized carbons (Fsp3) is 0.458. The van der Waals surface area contributed by atoms with Gasteiger partial charge in [-0.3, -0.25) is 9.69 Å². The summed E-state index contributed by atoms with van der Waals surface area (Å²) in [6.07, 6.45) is 2.68. The van der Waals surface area contributed by atoms with Crippen molar-refractivity contribution in [3.8, 4) is 5.75 Å². The smallest absolute Gasteiger partial charge is 0.237 e. The molecule has 1 amide bonds. The van der Waals surface area contributed by atoms with Crippen LogP contribution in [-0.4, -0.2) is 48.8 Å². The van der Waals surface area contributed by atoms with Gasteiger partial charge in [0.25, 0.3) is 0 Å². The Morgan fingerprint density at radius 2 is 1.83 bits per heavy atom. The van der Waals surface area contributed by atoms with Crippen molar-refractivity contribution < 1.29 is 14.3 Å². The molecule has 154 valence electrons. The monoisotopic (exact) mass is 394 g/mol. The van der Waals surface area contributed by atoms with E-state index in [2.05, 4.69) is 29.3 Å². The van der Waals surface area contributed by atoms with Gasteiger partial charge in [0.05, 0.1) is 6.04 Å². The van der Waals surface area contributed by atoms with Gasteiger partial charge in [-0.05, 0) is 43.0 Å². The number of rotatable bonds is 6. The average Bonchev–Trinajstić information content (AvgIpc) is 3.18. The zero-order chi connectivity index (χ0) is 20.1. The van der Waals surface area contributed by atoms with Gasteiger partial charge in [0.1, 0.15) is 11.9 Å². The summed E-state index contributed by atoms with van der Waals surface area (Å²) < 4.78 is 11.7. The number of amides is 1. The topological polar surface area (TPSA) is 50.8 Å². The molecule has 2 aromatic carbocycles. The molecule has 0 aromatic heterocycles. The van der Waals surface area contributed by atoms with Crippen LogP contribution in [-0.2, 0) is 16.1 Å². The SMILES string of the molecule is Cc1ccccc1CNC(=O)[C@@H]1C[C@H](Oc2ccccc2)CN1C1CCOCC1. The van der Waals surface area contributed by atoms with Crippen molar-refractivity contribution in [1.29, 1.82) is 0 Å². The van der Waals surface area contributed by atoms with Crippen molar-refractivity contribution in [3.05, 3.63) is 65.7 Å². The van der Waals surface area contributed by atoms with Crippen LogP contribution < -0.4 is 10.1 Å². The molecule has 29 heavy (non-hydrogen) atoms. The van der Waals surface area contributed by atoms with Crippen LogP contribution in [0.25, 0.3) is 0 Å². The third kappa shape index (κ3) is 4.98. The first-order valence-electron chi connectivity index (χ1n) is 10.6. The number of nitrogens with zero attached hydrogens (tertiary/aromatic N) is 1. The van der Waals surface area contributed by atoms with Gasteiger partial charge in [-0.25, -0.2) is 0 Å². The molecule has 2 saturated heterocycles. The lowest BCUT2D eigenvalue weighted by atomic mass is 10.1. The Morgan fingerprint density at radius 1 is 1.10 bits per heavy atom. The molecule has 2 atom stereocenters. The number of hydrogen-bond acceptors (Lipinski definition) is 4. The van der Waals surface area contributed by atoms with Crippen molar-refractivity contribution in [2.75, 3.05) is 19.8 Å². The molecule has 2 aliphatic rings. The third-order valence-corrected chi connectivity index (χ3v) is 6.02. The highest BCUT2D eigenvalue weighted by atomic mass is 16.5. The first kappa shape index (κ1) is 19.9. The minimum absolute atomic E-state index is 0.0226. The molecule has 0 aliphatic carbocycles. The second-order valence-corrected chi connectivity index (χ2v) is 7.99. The predicted octanol–water partition coefficient (Wildman–Crippen LogP) is 3.31. The average molecular weight is 395 g/mol. The first-order chi connectivity index (χ1) is 14.2. The van der Waals surface area contributed by atoms with Crippen LogP contribution in [0.5, 0.6) is 5.75 Å². The second-order valence-electron chi connectivity index (χ2n) is 7.99.